The van der Waals surface area contributed by atoms with Crippen molar-refractivity contribution in [1.82, 2.24) is 9.80 Å². The maximum absolute atomic E-state index is 14.3. The number of fused-ring (bicyclic) bond motifs is 2. The van der Waals surface area contributed by atoms with Gasteiger partial charge in [0.2, 0.25) is 5.91 Å². The molecule has 188 valence electrons. The van der Waals surface area contributed by atoms with Gasteiger partial charge in [0.05, 0.1) is 6.54 Å². The van der Waals surface area contributed by atoms with Gasteiger partial charge in [-0.25, -0.2) is 8.78 Å². The summed E-state index contributed by atoms with van der Waals surface area (Å²) in [6.45, 7) is 3.34. The largest absolute Gasteiger partial charge is 0.381 e. The molecule has 3 atom stereocenters. The summed E-state index contributed by atoms with van der Waals surface area (Å²) in [5.74, 6) is -2.10. The van der Waals surface area contributed by atoms with Crippen molar-refractivity contribution < 1.29 is 23.5 Å². The molecule has 8 heteroatoms. The SMILES string of the molecule is CC(C)(O)C(=O)N(CCN1[C@@H]2CC[C@H]1C[C@@H](c1cccc(C(N)=O)c1)C2)Cc1c(F)cccc1F. The van der Waals surface area contributed by atoms with Crippen LogP contribution < -0.4 is 5.73 Å². The second-order valence-corrected chi connectivity index (χ2v) is 10.3. The molecule has 2 aliphatic rings. The molecule has 2 aromatic rings. The minimum atomic E-state index is -1.65. The lowest BCUT2D eigenvalue weighted by Crippen LogP contribution is -2.50. The predicted octanol–water partition coefficient (Wildman–Crippen LogP) is 3.57. The van der Waals surface area contributed by atoms with Crippen molar-refractivity contribution in [3.8, 4) is 0 Å². The van der Waals surface area contributed by atoms with Crippen LogP contribution in [0, 0.1) is 11.6 Å². The molecule has 4 rings (SSSR count). The van der Waals surface area contributed by atoms with Crippen molar-refractivity contribution in [2.45, 2.75) is 69.7 Å². The molecule has 2 saturated heterocycles. The molecule has 2 amide bonds. The zero-order chi connectivity index (χ0) is 25.3. The molecular formula is C27H33F2N3O3. The highest BCUT2D eigenvalue weighted by Gasteiger charge is 2.41. The van der Waals surface area contributed by atoms with Crippen molar-refractivity contribution in [2.24, 2.45) is 5.73 Å². The number of primary amides is 1. The van der Waals surface area contributed by atoms with Gasteiger partial charge in [-0.3, -0.25) is 14.5 Å². The molecule has 2 bridgehead atoms. The fourth-order valence-corrected chi connectivity index (χ4v) is 5.61. The van der Waals surface area contributed by atoms with Crippen LogP contribution in [-0.4, -0.2) is 57.5 Å². The molecule has 2 aliphatic heterocycles. The number of hydrogen-bond donors (Lipinski definition) is 2. The summed E-state index contributed by atoms with van der Waals surface area (Å²) in [6.07, 6.45) is 3.94. The average Bonchev–Trinajstić information content (AvgIpc) is 3.04. The number of rotatable bonds is 8. The summed E-state index contributed by atoms with van der Waals surface area (Å²) < 4.78 is 28.6. The van der Waals surface area contributed by atoms with Gasteiger partial charge in [0.15, 0.2) is 0 Å². The Bertz CT molecular complexity index is 1070. The Morgan fingerprint density at radius 3 is 2.26 bits per heavy atom. The molecular weight excluding hydrogens is 452 g/mol. The number of nitrogens with zero attached hydrogens (tertiary/aromatic N) is 2. The number of amides is 2. The molecule has 0 aliphatic carbocycles. The van der Waals surface area contributed by atoms with Crippen molar-refractivity contribution in [1.29, 1.82) is 0 Å². The van der Waals surface area contributed by atoms with Gasteiger partial charge in [0.1, 0.15) is 17.2 Å². The zero-order valence-corrected chi connectivity index (χ0v) is 20.2. The number of aliphatic hydroxyl groups is 1. The Morgan fingerprint density at radius 1 is 1.09 bits per heavy atom. The van der Waals surface area contributed by atoms with Crippen molar-refractivity contribution in [3.05, 3.63) is 70.8 Å². The van der Waals surface area contributed by atoms with E-state index in [1.807, 2.05) is 18.2 Å². The number of halogens is 2. The third-order valence-electron chi connectivity index (χ3n) is 7.38. The molecule has 2 fully saturated rings. The number of benzene rings is 2. The average molecular weight is 486 g/mol. The summed E-state index contributed by atoms with van der Waals surface area (Å²) >= 11 is 0. The minimum Gasteiger partial charge on any atom is -0.381 e. The molecule has 0 aromatic heterocycles. The summed E-state index contributed by atoms with van der Waals surface area (Å²) in [7, 11) is 0. The van der Waals surface area contributed by atoms with Gasteiger partial charge in [0, 0.05) is 36.3 Å². The van der Waals surface area contributed by atoms with Gasteiger partial charge < -0.3 is 15.7 Å². The second kappa shape index (κ2) is 10.0. The summed E-state index contributed by atoms with van der Waals surface area (Å²) in [4.78, 5) is 28.3. The molecule has 0 spiro atoms. The van der Waals surface area contributed by atoms with E-state index in [0.717, 1.165) is 31.2 Å². The summed E-state index contributed by atoms with van der Waals surface area (Å²) in [6, 6.07) is 11.8. The maximum Gasteiger partial charge on any atom is 0.254 e. The van der Waals surface area contributed by atoms with Crippen LogP contribution in [0.3, 0.4) is 0 Å². The third kappa shape index (κ3) is 5.54. The third-order valence-corrected chi connectivity index (χ3v) is 7.38. The first-order valence-electron chi connectivity index (χ1n) is 12.1. The van der Waals surface area contributed by atoms with Gasteiger partial charge >= 0.3 is 0 Å². The number of hydrogen-bond acceptors (Lipinski definition) is 4. The number of carbonyl (C=O) groups excluding carboxylic acids is 2. The van der Waals surface area contributed by atoms with Gasteiger partial charge in [-0.2, -0.15) is 0 Å². The summed E-state index contributed by atoms with van der Waals surface area (Å²) in [5.41, 5.74) is 5.25. The number of piperidine rings is 1. The normalized spacial score (nSPS) is 22.3. The van der Waals surface area contributed by atoms with E-state index in [2.05, 4.69) is 4.90 Å². The molecule has 3 N–H and O–H groups in total. The maximum atomic E-state index is 14.3. The van der Waals surface area contributed by atoms with Crippen molar-refractivity contribution in [2.75, 3.05) is 13.1 Å². The number of nitrogens with two attached hydrogens (primary N) is 1. The van der Waals surface area contributed by atoms with E-state index < -0.39 is 29.0 Å². The van der Waals surface area contributed by atoms with Crippen LogP contribution in [0.25, 0.3) is 0 Å². The van der Waals surface area contributed by atoms with E-state index in [4.69, 9.17) is 5.73 Å². The highest BCUT2D eigenvalue weighted by molar-refractivity contribution is 5.92. The van der Waals surface area contributed by atoms with Crippen LogP contribution in [0.1, 0.15) is 66.9 Å². The van der Waals surface area contributed by atoms with E-state index >= 15 is 0 Å². The highest BCUT2D eigenvalue weighted by atomic mass is 19.1. The van der Waals surface area contributed by atoms with E-state index in [0.29, 0.717) is 30.1 Å². The van der Waals surface area contributed by atoms with Crippen molar-refractivity contribution >= 4 is 11.8 Å². The van der Waals surface area contributed by atoms with Gasteiger partial charge in [-0.1, -0.05) is 18.2 Å². The van der Waals surface area contributed by atoms with Gasteiger partial charge in [0.25, 0.3) is 5.91 Å². The van der Waals surface area contributed by atoms with E-state index in [-0.39, 0.29) is 18.7 Å². The number of carbonyl (C=O) groups is 2. The monoisotopic (exact) mass is 485 g/mol. The molecule has 6 nitrogen and oxygen atoms in total. The standard InChI is InChI=1S/C27H33F2N3O3/c1-27(2,35)26(34)31(16-22-23(28)7-4-8-24(22)29)11-12-32-20-9-10-21(32)15-19(14-20)17-5-3-6-18(13-17)25(30)33/h3-8,13,19-21,35H,9-12,14-16H2,1-2H3,(H2,30,33)/t19-,20+,21-. The quantitative estimate of drug-likeness (QED) is 0.599. The fraction of sp³-hybridized carbons (Fsp3) is 0.481. The smallest absolute Gasteiger partial charge is 0.254 e. The van der Waals surface area contributed by atoms with E-state index in [1.165, 1.54) is 36.9 Å². The van der Waals surface area contributed by atoms with Crippen LogP contribution in [0.5, 0.6) is 0 Å². The van der Waals surface area contributed by atoms with Crippen LogP contribution in [0.4, 0.5) is 8.78 Å². The van der Waals surface area contributed by atoms with E-state index in [1.54, 1.807) is 6.07 Å². The first kappa shape index (κ1) is 25.3. The Balaban J connectivity index is 1.46. The summed E-state index contributed by atoms with van der Waals surface area (Å²) in [5, 5.41) is 10.3. The Morgan fingerprint density at radius 2 is 1.69 bits per heavy atom. The van der Waals surface area contributed by atoms with E-state index in [9.17, 15) is 23.5 Å². The highest BCUT2D eigenvalue weighted by Crippen LogP contribution is 2.43. The first-order chi connectivity index (χ1) is 16.5. The topological polar surface area (TPSA) is 86.9 Å². The zero-order valence-electron chi connectivity index (χ0n) is 20.2. The molecule has 2 heterocycles. The lowest BCUT2D eigenvalue weighted by Gasteiger charge is -2.40. The Hall–Kier alpha value is -2.84. The first-order valence-corrected chi connectivity index (χ1v) is 12.1. The van der Waals surface area contributed by atoms with Crippen LogP contribution in [-0.2, 0) is 11.3 Å². The molecule has 0 unspecified atom stereocenters. The molecule has 35 heavy (non-hydrogen) atoms. The fourth-order valence-electron chi connectivity index (χ4n) is 5.61. The lowest BCUT2D eigenvalue weighted by atomic mass is 9.84. The molecule has 2 aromatic carbocycles. The Kier molecular flexibility index (Phi) is 7.24. The minimum absolute atomic E-state index is 0.180. The van der Waals surface area contributed by atoms with Gasteiger partial charge in [-0.05, 0) is 75.3 Å². The van der Waals surface area contributed by atoms with Crippen molar-refractivity contribution in [3.63, 3.8) is 0 Å². The van der Waals surface area contributed by atoms with Crippen LogP contribution >= 0.6 is 0 Å². The lowest BCUT2D eigenvalue weighted by molar-refractivity contribution is -0.149. The molecule has 0 saturated carbocycles. The molecule has 0 radical (unpaired) electrons. The van der Waals surface area contributed by atoms with Gasteiger partial charge in [-0.15, -0.1) is 0 Å². The predicted molar refractivity (Wildman–Crippen MR) is 129 cm³/mol. The van der Waals surface area contributed by atoms with Crippen LogP contribution in [0.2, 0.25) is 0 Å². The second-order valence-electron chi connectivity index (χ2n) is 10.3. The van der Waals surface area contributed by atoms with Crippen LogP contribution in [0.15, 0.2) is 42.5 Å². The Labute approximate surface area is 204 Å².